The molecular formula is C10H15BrF3NO. The Hall–Kier alpha value is -0.260. The number of halogens is 4. The highest BCUT2D eigenvalue weighted by molar-refractivity contribution is 9.09. The number of amides is 1. The molecule has 2 unspecified atom stereocenters. The summed E-state index contributed by atoms with van der Waals surface area (Å²) in [4.78, 5) is 11.3. The van der Waals surface area contributed by atoms with Crippen molar-refractivity contribution >= 4 is 21.8 Å². The molecule has 0 aliphatic heterocycles. The molecule has 1 fully saturated rings. The minimum Gasteiger partial charge on any atom is -0.353 e. The lowest BCUT2D eigenvalue weighted by Crippen LogP contribution is -2.38. The molecule has 0 aromatic heterocycles. The quantitative estimate of drug-likeness (QED) is 0.795. The molecule has 0 radical (unpaired) electrons. The molecule has 1 aliphatic carbocycles. The van der Waals surface area contributed by atoms with Crippen LogP contribution in [0.2, 0.25) is 0 Å². The van der Waals surface area contributed by atoms with Crippen LogP contribution < -0.4 is 5.32 Å². The zero-order chi connectivity index (χ0) is 12.2. The van der Waals surface area contributed by atoms with Crippen LogP contribution in [0.3, 0.4) is 0 Å². The van der Waals surface area contributed by atoms with E-state index in [1.165, 1.54) is 0 Å². The van der Waals surface area contributed by atoms with E-state index in [0.717, 1.165) is 24.6 Å². The van der Waals surface area contributed by atoms with Gasteiger partial charge in [0.2, 0.25) is 5.91 Å². The molecule has 1 N–H and O–H groups in total. The molecule has 16 heavy (non-hydrogen) atoms. The first-order valence-corrected chi connectivity index (χ1v) is 6.46. The van der Waals surface area contributed by atoms with Crippen LogP contribution >= 0.6 is 15.9 Å². The number of rotatable bonds is 4. The van der Waals surface area contributed by atoms with Crippen molar-refractivity contribution in [3.8, 4) is 0 Å². The molecule has 2 atom stereocenters. The maximum atomic E-state index is 11.9. The fourth-order valence-electron chi connectivity index (χ4n) is 1.95. The topological polar surface area (TPSA) is 29.1 Å². The molecule has 0 spiro atoms. The Morgan fingerprint density at radius 2 is 2.06 bits per heavy atom. The normalized spacial score (nSPS) is 25.8. The molecule has 6 heteroatoms. The summed E-state index contributed by atoms with van der Waals surface area (Å²) >= 11 is 3.35. The van der Waals surface area contributed by atoms with Gasteiger partial charge in [0.25, 0.3) is 0 Å². The van der Waals surface area contributed by atoms with Crippen LogP contribution in [0.5, 0.6) is 0 Å². The van der Waals surface area contributed by atoms with Crippen LogP contribution in [-0.2, 0) is 4.79 Å². The second-order valence-corrected chi connectivity index (χ2v) is 4.78. The minimum atomic E-state index is -4.25. The third kappa shape index (κ3) is 4.72. The summed E-state index contributed by atoms with van der Waals surface area (Å²) in [7, 11) is 0. The minimum absolute atomic E-state index is 0.0418. The first-order chi connectivity index (χ1) is 7.42. The van der Waals surface area contributed by atoms with Gasteiger partial charge in [0.15, 0.2) is 0 Å². The molecule has 0 heterocycles. The summed E-state index contributed by atoms with van der Waals surface area (Å²) < 4.78 is 35.7. The Morgan fingerprint density at radius 3 is 2.62 bits per heavy atom. The Balaban J connectivity index is 2.28. The van der Waals surface area contributed by atoms with E-state index in [0.29, 0.717) is 5.92 Å². The average molecular weight is 302 g/mol. The molecule has 0 saturated heterocycles. The summed E-state index contributed by atoms with van der Waals surface area (Å²) in [5, 5.41) is 3.47. The van der Waals surface area contributed by atoms with E-state index >= 15 is 0 Å². The zero-order valence-electron chi connectivity index (χ0n) is 8.82. The van der Waals surface area contributed by atoms with Crippen LogP contribution in [0.25, 0.3) is 0 Å². The van der Waals surface area contributed by atoms with Gasteiger partial charge >= 0.3 is 6.18 Å². The highest BCUT2D eigenvalue weighted by Crippen LogP contribution is 2.27. The van der Waals surface area contributed by atoms with Crippen LogP contribution in [0.15, 0.2) is 0 Å². The summed E-state index contributed by atoms with van der Waals surface area (Å²) in [6.07, 6.45) is -2.83. The van der Waals surface area contributed by atoms with E-state index < -0.39 is 24.9 Å². The predicted octanol–water partition coefficient (Wildman–Crippen LogP) is 3.01. The van der Waals surface area contributed by atoms with E-state index in [-0.39, 0.29) is 6.04 Å². The van der Waals surface area contributed by atoms with E-state index in [4.69, 9.17) is 0 Å². The van der Waals surface area contributed by atoms with Gasteiger partial charge in [0.05, 0.1) is 6.42 Å². The molecule has 94 valence electrons. The van der Waals surface area contributed by atoms with Gasteiger partial charge in [-0.05, 0) is 18.8 Å². The van der Waals surface area contributed by atoms with Gasteiger partial charge in [-0.3, -0.25) is 4.79 Å². The van der Waals surface area contributed by atoms with Crippen molar-refractivity contribution in [2.75, 3.05) is 5.33 Å². The summed E-state index contributed by atoms with van der Waals surface area (Å²) in [5.41, 5.74) is 0. The van der Waals surface area contributed by atoms with E-state index in [1.807, 2.05) is 0 Å². The van der Waals surface area contributed by atoms with Crippen molar-refractivity contribution in [2.24, 2.45) is 5.92 Å². The first kappa shape index (κ1) is 13.8. The second-order valence-electron chi connectivity index (χ2n) is 4.13. The predicted molar refractivity (Wildman–Crippen MR) is 58.4 cm³/mol. The van der Waals surface area contributed by atoms with Crippen molar-refractivity contribution in [3.05, 3.63) is 0 Å². The van der Waals surface area contributed by atoms with Crippen LogP contribution in [0, 0.1) is 5.92 Å². The lowest BCUT2D eigenvalue weighted by atomic mass is 10.1. The van der Waals surface area contributed by atoms with Crippen molar-refractivity contribution < 1.29 is 18.0 Å². The molecule has 0 aromatic rings. The van der Waals surface area contributed by atoms with Crippen molar-refractivity contribution in [1.29, 1.82) is 0 Å². The van der Waals surface area contributed by atoms with E-state index in [9.17, 15) is 18.0 Å². The number of alkyl halides is 4. The summed E-state index contributed by atoms with van der Waals surface area (Å²) in [6, 6.07) is 0.0418. The Labute approximate surface area is 101 Å². The lowest BCUT2D eigenvalue weighted by Gasteiger charge is -2.19. The van der Waals surface area contributed by atoms with Gasteiger partial charge in [0.1, 0.15) is 0 Å². The largest absolute Gasteiger partial charge is 0.389 e. The highest BCUT2D eigenvalue weighted by Gasteiger charge is 2.30. The lowest BCUT2D eigenvalue weighted by molar-refractivity contribution is -0.144. The third-order valence-corrected chi connectivity index (χ3v) is 3.67. The SMILES string of the molecule is O=C(CCC(F)(F)F)NC1CCCC1CBr. The molecule has 1 amide bonds. The second kappa shape index (κ2) is 5.89. The summed E-state index contributed by atoms with van der Waals surface area (Å²) in [5.74, 6) is -0.134. The maximum Gasteiger partial charge on any atom is 0.389 e. The molecule has 1 saturated carbocycles. The summed E-state index contributed by atoms with van der Waals surface area (Å²) in [6.45, 7) is 0. The zero-order valence-corrected chi connectivity index (χ0v) is 10.4. The van der Waals surface area contributed by atoms with Gasteiger partial charge in [0, 0.05) is 17.8 Å². The van der Waals surface area contributed by atoms with Gasteiger partial charge in [-0.2, -0.15) is 13.2 Å². The van der Waals surface area contributed by atoms with Gasteiger partial charge in [-0.25, -0.2) is 0 Å². The molecule has 1 rings (SSSR count). The van der Waals surface area contributed by atoms with Gasteiger partial charge in [-0.15, -0.1) is 0 Å². The average Bonchev–Trinajstić information content (AvgIpc) is 2.61. The van der Waals surface area contributed by atoms with Crippen LogP contribution in [0.1, 0.15) is 32.1 Å². The van der Waals surface area contributed by atoms with E-state index in [1.54, 1.807) is 0 Å². The molecule has 0 aromatic carbocycles. The van der Waals surface area contributed by atoms with Crippen molar-refractivity contribution in [2.45, 2.75) is 44.3 Å². The Kier molecular flexibility index (Phi) is 5.08. The fraction of sp³-hybridized carbons (Fsp3) is 0.900. The first-order valence-electron chi connectivity index (χ1n) is 5.34. The smallest absolute Gasteiger partial charge is 0.353 e. The van der Waals surface area contributed by atoms with Crippen molar-refractivity contribution in [3.63, 3.8) is 0 Å². The third-order valence-electron chi connectivity index (χ3n) is 2.84. The Morgan fingerprint density at radius 1 is 1.38 bits per heavy atom. The monoisotopic (exact) mass is 301 g/mol. The molecule has 2 nitrogen and oxygen atoms in total. The fourth-order valence-corrected chi connectivity index (χ4v) is 2.72. The number of nitrogens with one attached hydrogen (secondary N) is 1. The standard InChI is InChI=1S/C10H15BrF3NO/c11-6-7-2-1-3-8(7)15-9(16)4-5-10(12,13)14/h7-8H,1-6H2,(H,15,16). The van der Waals surface area contributed by atoms with Crippen LogP contribution in [0.4, 0.5) is 13.2 Å². The highest BCUT2D eigenvalue weighted by atomic mass is 79.9. The van der Waals surface area contributed by atoms with Crippen molar-refractivity contribution in [1.82, 2.24) is 5.32 Å². The maximum absolute atomic E-state index is 11.9. The number of hydrogen-bond donors (Lipinski definition) is 1. The number of hydrogen-bond acceptors (Lipinski definition) is 1. The Bertz CT molecular complexity index is 245. The van der Waals surface area contributed by atoms with E-state index in [2.05, 4.69) is 21.2 Å². The number of carbonyl (C=O) groups is 1. The van der Waals surface area contributed by atoms with Gasteiger partial charge < -0.3 is 5.32 Å². The van der Waals surface area contributed by atoms with Gasteiger partial charge in [-0.1, -0.05) is 22.4 Å². The molecular weight excluding hydrogens is 287 g/mol. The molecule has 1 aliphatic rings. The van der Waals surface area contributed by atoms with Crippen LogP contribution in [-0.4, -0.2) is 23.5 Å². The number of carbonyl (C=O) groups excluding carboxylic acids is 1. The molecule has 0 bridgehead atoms.